The fourth-order valence-corrected chi connectivity index (χ4v) is 3.29. The molecule has 0 saturated carbocycles. The van der Waals surface area contributed by atoms with Crippen LogP contribution in [0.25, 0.3) is 10.8 Å². The third-order valence-corrected chi connectivity index (χ3v) is 4.56. The van der Waals surface area contributed by atoms with Gasteiger partial charge < -0.3 is 9.47 Å². The first-order valence-corrected chi connectivity index (χ1v) is 9.19. The third-order valence-electron chi connectivity index (χ3n) is 4.56. The molecular formula is C22H20N2O4. The molecule has 0 bridgehead atoms. The first-order valence-electron chi connectivity index (χ1n) is 9.19. The molecule has 6 heteroatoms. The van der Waals surface area contributed by atoms with Crippen LogP contribution in [-0.4, -0.2) is 36.6 Å². The highest BCUT2D eigenvalue weighted by atomic mass is 16.5. The van der Waals surface area contributed by atoms with Gasteiger partial charge in [-0.25, -0.2) is 10.4 Å². The van der Waals surface area contributed by atoms with Gasteiger partial charge in [-0.05, 0) is 37.3 Å². The van der Waals surface area contributed by atoms with Crippen molar-refractivity contribution in [2.24, 2.45) is 0 Å². The highest BCUT2D eigenvalue weighted by Gasteiger charge is 2.33. The average Bonchev–Trinajstić information content (AvgIpc) is 2.73. The van der Waals surface area contributed by atoms with Crippen LogP contribution < -0.4 is 10.2 Å². The van der Waals surface area contributed by atoms with Crippen molar-refractivity contribution < 1.29 is 19.1 Å². The molecule has 0 radical (unpaired) electrons. The Labute approximate surface area is 162 Å². The van der Waals surface area contributed by atoms with Gasteiger partial charge in [0, 0.05) is 23.9 Å². The van der Waals surface area contributed by atoms with E-state index in [9.17, 15) is 9.59 Å². The Morgan fingerprint density at radius 3 is 2.39 bits per heavy atom. The largest absolute Gasteiger partial charge is 0.457 e. The van der Waals surface area contributed by atoms with Gasteiger partial charge in [0.2, 0.25) is 0 Å². The molecule has 0 saturated heterocycles. The number of carbonyl (C=O) groups excluding carboxylic acids is 2. The van der Waals surface area contributed by atoms with Gasteiger partial charge in [0.25, 0.3) is 11.8 Å². The minimum Gasteiger partial charge on any atom is -0.457 e. The zero-order valence-electron chi connectivity index (χ0n) is 15.5. The van der Waals surface area contributed by atoms with E-state index < -0.39 is 0 Å². The Hall–Kier alpha value is -3.22. The minimum absolute atomic E-state index is 0.367. The van der Waals surface area contributed by atoms with E-state index in [4.69, 9.17) is 9.47 Å². The van der Waals surface area contributed by atoms with Gasteiger partial charge in [-0.2, -0.15) is 0 Å². The van der Waals surface area contributed by atoms with Gasteiger partial charge in [0.1, 0.15) is 11.5 Å². The van der Waals surface area contributed by atoms with Crippen LogP contribution in [0.3, 0.4) is 0 Å². The maximum Gasteiger partial charge on any atom is 0.275 e. The predicted molar refractivity (Wildman–Crippen MR) is 105 cm³/mol. The number of para-hydroxylation sites is 1. The SMILES string of the molecule is CCOCCNN1C(=O)c2cccc3c(Oc4ccccc4)ccc(c23)C1=O. The summed E-state index contributed by atoms with van der Waals surface area (Å²) < 4.78 is 11.3. The van der Waals surface area contributed by atoms with Crippen molar-refractivity contribution in [3.8, 4) is 11.5 Å². The maximum absolute atomic E-state index is 12.9. The quantitative estimate of drug-likeness (QED) is 0.502. The van der Waals surface area contributed by atoms with Crippen molar-refractivity contribution in [1.82, 2.24) is 10.4 Å². The fraction of sp³-hybridized carbons (Fsp3) is 0.182. The summed E-state index contributed by atoms with van der Waals surface area (Å²) in [4.78, 5) is 25.8. The molecule has 0 fully saturated rings. The normalized spacial score (nSPS) is 13.2. The molecule has 1 N–H and O–H groups in total. The zero-order valence-corrected chi connectivity index (χ0v) is 15.5. The first-order chi connectivity index (χ1) is 13.7. The Morgan fingerprint density at radius 2 is 1.64 bits per heavy atom. The summed E-state index contributed by atoms with van der Waals surface area (Å²) in [5.74, 6) is 0.536. The molecular weight excluding hydrogens is 356 g/mol. The minimum atomic E-state index is -0.378. The highest BCUT2D eigenvalue weighted by Crippen LogP contribution is 2.36. The van der Waals surface area contributed by atoms with E-state index in [2.05, 4.69) is 5.43 Å². The van der Waals surface area contributed by atoms with Crippen molar-refractivity contribution in [3.63, 3.8) is 0 Å². The van der Waals surface area contributed by atoms with Crippen LogP contribution in [0.15, 0.2) is 60.7 Å². The average molecular weight is 376 g/mol. The lowest BCUT2D eigenvalue weighted by atomic mass is 9.94. The van der Waals surface area contributed by atoms with Crippen LogP contribution in [0, 0.1) is 0 Å². The summed E-state index contributed by atoms with van der Waals surface area (Å²) in [5.41, 5.74) is 3.81. The van der Waals surface area contributed by atoms with Gasteiger partial charge >= 0.3 is 0 Å². The molecule has 1 heterocycles. The van der Waals surface area contributed by atoms with Crippen molar-refractivity contribution in [1.29, 1.82) is 0 Å². The molecule has 0 unspecified atom stereocenters. The fourth-order valence-electron chi connectivity index (χ4n) is 3.29. The molecule has 2 amide bonds. The van der Waals surface area contributed by atoms with E-state index in [1.165, 1.54) is 0 Å². The van der Waals surface area contributed by atoms with Crippen LogP contribution in [0.1, 0.15) is 27.6 Å². The highest BCUT2D eigenvalue weighted by molar-refractivity contribution is 6.25. The Kier molecular flexibility index (Phi) is 5.06. The predicted octanol–water partition coefficient (Wildman–Crippen LogP) is 3.77. The monoisotopic (exact) mass is 376 g/mol. The summed E-state index contributed by atoms with van der Waals surface area (Å²) in [6, 6.07) is 18.3. The number of carbonyl (C=O) groups is 2. The lowest BCUT2D eigenvalue weighted by Gasteiger charge is -2.28. The molecule has 0 atom stereocenters. The van der Waals surface area contributed by atoms with E-state index in [0.29, 0.717) is 47.8 Å². The number of hydrazine groups is 1. The number of benzene rings is 3. The van der Waals surface area contributed by atoms with Crippen molar-refractivity contribution >= 4 is 22.6 Å². The number of rotatable bonds is 7. The number of imide groups is 1. The molecule has 3 aromatic carbocycles. The molecule has 1 aliphatic heterocycles. The van der Waals surface area contributed by atoms with Crippen molar-refractivity contribution in [3.05, 3.63) is 71.8 Å². The van der Waals surface area contributed by atoms with E-state index in [1.54, 1.807) is 24.3 Å². The van der Waals surface area contributed by atoms with E-state index in [0.717, 1.165) is 10.4 Å². The second-order valence-corrected chi connectivity index (χ2v) is 6.31. The topological polar surface area (TPSA) is 67.9 Å². The summed E-state index contributed by atoms with van der Waals surface area (Å²) in [6.07, 6.45) is 0. The molecule has 0 aliphatic carbocycles. The summed E-state index contributed by atoms with van der Waals surface area (Å²) >= 11 is 0. The second-order valence-electron chi connectivity index (χ2n) is 6.31. The molecule has 1 aliphatic rings. The van der Waals surface area contributed by atoms with Crippen molar-refractivity contribution in [2.75, 3.05) is 19.8 Å². The van der Waals surface area contributed by atoms with Gasteiger partial charge in [-0.3, -0.25) is 9.59 Å². The number of hydrogen-bond acceptors (Lipinski definition) is 5. The smallest absolute Gasteiger partial charge is 0.275 e. The van der Waals surface area contributed by atoms with E-state index >= 15 is 0 Å². The first kappa shape index (κ1) is 18.2. The van der Waals surface area contributed by atoms with Crippen LogP contribution in [0.2, 0.25) is 0 Å². The van der Waals surface area contributed by atoms with Crippen LogP contribution in [0.4, 0.5) is 0 Å². The van der Waals surface area contributed by atoms with Gasteiger partial charge in [0.05, 0.1) is 17.7 Å². The summed E-state index contributed by atoms with van der Waals surface area (Å²) in [5, 5.41) is 2.41. The van der Waals surface area contributed by atoms with Crippen LogP contribution >= 0.6 is 0 Å². The second kappa shape index (κ2) is 7.80. The Morgan fingerprint density at radius 1 is 0.893 bits per heavy atom. The molecule has 3 aromatic rings. The van der Waals surface area contributed by atoms with Crippen molar-refractivity contribution in [2.45, 2.75) is 6.92 Å². The number of hydrogen-bond donors (Lipinski definition) is 1. The standard InChI is InChI=1S/C22H20N2O4/c1-2-27-14-13-23-24-21(25)17-10-6-9-16-19(28-15-7-4-3-5-8-15)12-11-18(20(16)17)22(24)26/h3-12,23H,2,13-14H2,1H3. The number of nitrogens with one attached hydrogen (secondary N) is 1. The molecule has 6 nitrogen and oxygen atoms in total. The number of amides is 2. The zero-order chi connectivity index (χ0) is 19.5. The van der Waals surface area contributed by atoms with Crippen LogP contribution in [-0.2, 0) is 4.74 Å². The number of ether oxygens (including phenoxy) is 2. The summed E-state index contributed by atoms with van der Waals surface area (Å²) in [7, 11) is 0. The van der Waals surface area contributed by atoms with Crippen LogP contribution in [0.5, 0.6) is 11.5 Å². The summed E-state index contributed by atoms with van der Waals surface area (Å²) in [6.45, 7) is 3.25. The molecule has 0 spiro atoms. The number of nitrogens with zero attached hydrogens (tertiary/aromatic N) is 1. The Bertz CT molecular complexity index is 1010. The molecule has 4 rings (SSSR count). The van der Waals surface area contributed by atoms with Gasteiger partial charge in [-0.15, -0.1) is 0 Å². The third kappa shape index (κ3) is 3.24. The molecule has 0 aromatic heterocycles. The molecule has 28 heavy (non-hydrogen) atoms. The van der Waals surface area contributed by atoms with E-state index in [-0.39, 0.29) is 11.8 Å². The lowest BCUT2D eigenvalue weighted by Crippen LogP contribution is -2.50. The Balaban J connectivity index is 1.71. The lowest BCUT2D eigenvalue weighted by molar-refractivity contribution is 0.0489. The maximum atomic E-state index is 12.9. The van der Waals surface area contributed by atoms with Gasteiger partial charge in [-0.1, -0.05) is 30.3 Å². The molecule has 142 valence electrons. The van der Waals surface area contributed by atoms with E-state index in [1.807, 2.05) is 43.3 Å². The van der Waals surface area contributed by atoms with Gasteiger partial charge in [0.15, 0.2) is 0 Å².